The number of amides is 1. The lowest BCUT2D eigenvalue weighted by molar-refractivity contribution is -0.117. The van der Waals surface area contributed by atoms with Crippen molar-refractivity contribution in [1.82, 2.24) is 4.98 Å². The SMILES string of the molecule is Cc1cc2cc(N3CC(N)CC3=O)ccc2[nH]1. The van der Waals surface area contributed by atoms with Gasteiger partial charge in [-0.15, -0.1) is 0 Å². The van der Waals surface area contributed by atoms with Gasteiger partial charge in [-0.2, -0.15) is 0 Å². The summed E-state index contributed by atoms with van der Waals surface area (Å²) in [6.07, 6.45) is 0.449. The van der Waals surface area contributed by atoms with E-state index in [1.54, 1.807) is 4.90 Å². The molecule has 1 amide bonds. The number of rotatable bonds is 1. The van der Waals surface area contributed by atoms with E-state index < -0.39 is 0 Å². The summed E-state index contributed by atoms with van der Waals surface area (Å²) in [5.41, 5.74) is 8.97. The third-order valence-corrected chi connectivity index (χ3v) is 3.21. The van der Waals surface area contributed by atoms with Crippen LogP contribution in [0.5, 0.6) is 0 Å². The largest absolute Gasteiger partial charge is 0.359 e. The van der Waals surface area contributed by atoms with Gasteiger partial charge in [-0.1, -0.05) is 0 Å². The van der Waals surface area contributed by atoms with E-state index in [0.29, 0.717) is 13.0 Å². The predicted octanol–water partition coefficient (Wildman–Crippen LogP) is 1.54. The number of H-pyrrole nitrogens is 1. The highest BCUT2D eigenvalue weighted by Gasteiger charge is 2.28. The highest BCUT2D eigenvalue weighted by molar-refractivity contribution is 5.98. The first kappa shape index (κ1) is 10.4. The minimum atomic E-state index is -0.0360. The second-order valence-electron chi connectivity index (χ2n) is 4.69. The average molecular weight is 229 g/mol. The predicted molar refractivity (Wildman–Crippen MR) is 68.0 cm³/mol. The molecule has 1 aromatic carbocycles. The van der Waals surface area contributed by atoms with Crippen molar-refractivity contribution in [2.45, 2.75) is 19.4 Å². The monoisotopic (exact) mass is 229 g/mol. The fraction of sp³-hybridized carbons (Fsp3) is 0.308. The third-order valence-electron chi connectivity index (χ3n) is 3.21. The molecule has 0 aliphatic carbocycles. The Bertz CT molecular complexity index is 587. The molecule has 0 saturated carbocycles. The number of hydrogen-bond acceptors (Lipinski definition) is 2. The van der Waals surface area contributed by atoms with Crippen molar-refractivity contribution >= 4 is 22.5 Å². The number of anilines is 1. The zero-order valence-corrected chi connectivity index (χ0v) is 9.73. The van der Waals surface area contributed by atoms with Gasteiger partial charge in [0.15, 0.2) is 0 Å². The van der Waals surface area contributed by atoms with Gasteiger partial charge in [0.05, 0.1) is 0 Å². The number of benzene rings is 1. The van der Waals surface area contributed by atoms with Crippen LogP contribution in [0.4, 0.5) is 5.69 Å². The molecule has 88 valence electrons. The molecule has 1 aliphatic rings. The number of aromatic nitrogens is 1. The van der Waals surface area contributed by atoms with Crippen LogP contribution >= 0.6 is 0 Å². The zero-order valence-electron chi connectivity index (χ0n) is 9.73. The molecule has 1 fully saturated rings. The Morgan fingerprint density at radius 3 is 2.94 bits per heavy atom. The van der Waals surface area contributed by atoms with E-state index >= 15 is 0 Å². The molecule has 2 heterocycles. The van der Waals surface area contributed by atoms with E-state index in [-0.39, 0.29) is 11.9 Å². The van der Waals surface area contributed by atoms with Gasteiger partial charge >= 0.3 is 0 Å². The highest BCUT2D eigenvalue weighted by Crippen LogP contribution is 2.25. The van der Waals surface area contributed by atoms with Crippen LogP contribution in [0.1, 0.15) is 12.1 Å². The summed E-state index contributed by atoms with van der Waals surface area (Å²) in [6.45, 7) is 2.64. The maximum Gasteiger partial charge on any atom is 0.228 e. The lowest BCUT2D eigenvalue weighted by Gasteiger charge is -2.15. The van der Waals surface area contributed by atoms with Gasteiger partial charge in [-0.25, -0.2) is 0 Å². The topological polar surface area (TPSA) is 62.1 Å². The van der Waals surface area contributed by atoms with Crippen LogP contribution in [-0.2, 0) is 4.79 Å². The van der Waals surface area contributed by atoms with Gasteiger partial charge in [-0.05, 0) is 31.2 Å². The Morgan fingerprint density at radius 1 is 1.41 bits per heavy atom. The van der Waals surface area contributed by atoms with Crippen molar-refractivity contribution in [2.75, 3.05) is 11.4 Å². The minimum absolute atomic E-state index is 0.0360. The quantitative estimate of drug-likeness (QED) is 0.779. The molecular formula is C13H15N3O. The van der Waals surface area contributed by atoms with Gasteiger partial charge in [-0.3, -0.25) is 4.79 Å². The number of nitrogens with zero attached hydrogens (tertiary/aromatic N) is 1. The fourth-order valence-corrected chi connectivity index (χ4v) is 2.42. The summed E-state index contributed by atoms with van der Waals surface area (Å²) in [4.78, 5) is 16.8. The summed E-state index contributed by atoms with van der Waals surface area (Å²) in [5, 5.41) is 1.13. The van der Waals surface area contributed by atoms with Crippen LogP contribution in [0.3, 0.4) is 0 Å². The molecule has 1 saturated heterocycles. The Hall–Kier alpha value is -1.81. The second kappa shape index (κ2) is 3.60. The number of hydrogen-bond donors (Lipinski definition) is 2. The van der Waals surface area contributed by atoms with E-state index in [1.165, 1.54) is 0 Å². The number of aromatic amines is 1. The van der Waals surface area contributed by atoms with E-state index in [2.05, 4.69) is 11.1 Å². The molecule has 1 unspecified atom stereocenters. The normalized spacial score (nSPS) is 20.5. The Morgan fingerprint density at radius 2 is 2.24 bits per heavy atom. The molecule has 2 aromatic rings. The molecule has 3 N–H and O–H groups in total. The summed E-state index contributed by atoms with van der Waals surface area (Å²) in [7, 11) is 0. The number of carbonyl (C=O) groups excluding carboxylic acids is 1. The number of nitrogens with one attached hydrogen (secondary N) is 1. The Labute approximate surface area is 99.4 Å². The molecule has 1 aromatic heterocycles. The first-order valence-electron chi connectivity index (χ1n) is 5.79. The van der Waals surface area contributed by atoms with E-state index in [4.69, 9.17) is 5.73 Å². The number of carbonyl (C=O) groups is 1. The summed E-state index contributed by atoms with van der Waals surface area (Å²) in [5.74, 6) is 0.115. The van der Waals surface area contributed by atoms with E-state index in [0.717, 1.165) is 22.3 Å². The van der Waals surface area contributed by atoms with Crippen LogP contribution in [0.2, 0.25) is 0 Å². The van der Waals surface area contributed by atoms with Crippen LogP contribution < -0.4 is 10.6 Å². The Balaban J connectivity index is 2.03. The molecule has 0 bridgehead atoms. The average Bonchev–Trinajstić information content (AvgIpc) is 2.78. The zero-order chi connectivity index (χ0) is 12.0. The van der Waals surface area contributed by atoms with Crippen molar-refractivity contribution in [3.63, 3.8) is 0 Å². The molecule has 3 rings (SSSR count). The number of aryl methyl sites for hydroxylation is 1. The smallest absolute Gasteiger partial charge is 0.228 e. The number of nitrogens with two attached hydrogens (primary N) is 1. The van der Waals surface area contributed by atoms with Gasteiger partial charge in [0.1, 0.15) is 0 Å². The summed E-state index contributed by atoms with van der Waals surface area (Å²) in [6, 6.07) is 8.06. The van der Waals surface area contributed by atoms with Crippen molar-refractivity contribution in [3.05, 3.63) is 30.0 Å². The van der Waals surface area contributed by atoms with Crippen LogP contribution in [0.15, 0.2) is 24.3 Å². The van der Waals surface area contributed by atoms with E-state index in [9.17, 15) is 4.79 Å². The van der Waals surface area contributed by atoms with Gasteiger partial charge < -0.3 is 15.6 Å². The van der Waals surface area contributed by atoms with Crippen molar-refractivity contribution < 1.29 is 4.79 Å². The molecule has 4 nitrogen and oxygen atoms in total. The molecule has 17 heavy (non-hydrogen) atoms. The van der Waals surface area contributed by atoms with Crippen molar-refractivity contribution in [3.8, 4) is 0 Å². The second-order valence-corrected chi connectivity index (χ2v) is 4.69. The molecular weight excluding hydrogens is 214 g/mol. The third kappa shape index (κ3) is 1.70. The standard InChI is InChI=1S/C13H15N3O/c1-8-4-9-5-11(2-3-12(9)15-8)16-7-10(14)6-13(16)17/h2-5,10,15H,6-7,14H2,1H3. The maximum atomic E-state index is 11.8. The summed E-state index contributed by atoms with van der Waals surface area (Å²) >= 11 is 0. The lowest BCUT2D eigenvalue weighted by Crippen LogP contribution is -2.27. The first-order valence-corrected chi connectivity index (χ1v) is 5.79. The molecule has 4 heteroatoms. The highest BCUT2D eigenvalue weighted by atomic mass is 16.2. The van der Waals surface area contributed by atoms with Gasteiger partial charge in [0.25, 0.3) is 0 Å². The van der Waals surface area contributed by atoms with Crippen molar-refractivity contribution in [1.29, 1.82) is 0 Å². The maximum absolute atomic E-state index is 11.8. The van der Waals surface area contributed by atoms with Crippen LogP contribution in [0.25, 0.3) is 10.9 Å². The molecule has 1 atom stereocenters. The van der Waals surface area contributed by atoms with Crippen LogP contribution in [0, 0.1) is 6.92 Å². The molecule has 0 spiro atoms. The van der Waals surface area contributed by atoms with E-state index in [1.807, 2.05) is 25.1 Å². The van der Waals surface area contributed by atoms with Crippen LogP contribution in [-0.4, -0.2) is 23.5 Å². The van der Waals surface area contributed by atoms with Gasteiger partial charge in [0, 0.05) is 41.3 Å². The van der Waals surface area contributed by atoms with Crippen molar-refractivity contribution in [2.24, 2.45) is 5.73 Å². The first-order chi connectivity index (χ1) is 8.13. The van der Waals surface area contributed by atoms with Gasteiger partial charge in [0.2, 0.25) is 5.91 Å². The number of fused-ring (bicyclic) bond motifs is 1. The molecule has 0 radical (unpaired) electrons. The Kier molecular flexibility index (Phi) is 2.19. The minimum Gasteiger partial charge on any atom is -0.359 e. The summed E-state index contributed by atoms with van der Waals surface area (Å²) < 4.78 is 0. The molecule has 1 aliphatic heterocycles. The fourth-order valence-electron chi connectivity index (χ4n) is 2.42. The lowest BCUT2D eigenvalue weighted by atomic mass is 10.2.